The largest absolute Gasteiger partial charge is 0.355 e. The fraction of sp³-hybridized carbons (Fsp3) is 0.333. The van der Waals surface area contributed by atoms with Crippen molar-refractivity contribution in [1.29, 1.82) is 0 Å². The van der Waals surface area contributed by atoms with E-state index < -0.39 is 10.0 Å². The molecule has 2 aliphatic rings. The summed E-state index contributed by atoms with van der Waals surface area (Å²) in [4.78, 5) is 17.1. The van der Waals surface area contributed by atoms with E-state index in [0.717, 1.165) is 49.2 Å². The van der Waals surface area contributed by atoms with Crippen LogP contribution in [-0.2, 0) is 23.6 Å². The van der Waals surface area contributed by atoms with E-state index in [2.05, 4.69) is 21.7 Å². The number of anilines is 1. The van der Waals surface area contributed by atoms with Crippen molar-refractivity contribution in [3.63, 3.8) is 0 Å². The predicted molar refractivity (Wildman–Crippen MR) is 152 cm³/mol. The summed E-state index contributed by atoms with van der Waals surface area (Å²) in [5.41, 5.74) is 3.20. The van der Waals surface area contributed by atoms with Crippen molar-refractivity contribution < 1.29 is 13.2 Å². The quantitative estimate of drug-likeness (QED) is 0.485. The number of para-hydroxylation sites is 1. The molecule has 39 heavy (non-hydrogen) atoms. The van der Waals surface area contributed by atoms with Crippen LogP contribution >= 0.6 is 0 Å². The number of nitrogens with zero attached hydrogens (tertiary/aromatic N) is 3. The average Bonchev–Trinajstić information content (AvgIpc) is 3.20. The minimum Gasteiger partial charge on any atom is -0.355 e. The van der Waals surface area contributed by atoms with Crippen molar-refractivity contribution >= 4 is 21.6 Å². The molecule has 2 aliphatic heterocycles. The summed E-state index contributed by atoms with van der Waals surface area (Å²) in [7, 11) is -1.91. The number of aromatic nitrogens is 2. The zero-order chi connectivity index (χ0) is 27.2. The molecular formula is C30H35N5O3S. The molecule has 3 aromatic rings. The number of fused-ring (bicyclic) bond motifs is 1. The molecule has 1 saturated heterocycles. The number of amides is 1. The lowest BCUT2D eigenvalue weighted by Crippen LogP contribution is -2.33. The number of hydrogen-bond acceptors (Lipinski definition) is 5. The van der Waals surface area contributed by atoms with Gasteiger partial charge >= 0.3 is 0 Å². The van der Waals surface area contributed by atoms with E-state index in [-0.39, 0.29) is 23.3 Å². The second kappa shape index (κ2) is 12.0. The van der Waals surface area contributed by atoms with Gasteiger partial charge in [0.1, 0.15) is 0 Å². The SMILES string of the molecule is Cn1ccncccc(C(=O)NCc2ccc(S(=O)(=O)N3CC(C4CCCCNC4)c4ccccc43)cc2)c1. The topological polar surface area (TPSA) is 96.3 Å². The Hall–Kier alpha value is -3.69. The molecule has 1 fully saturated rings. The number of hydrogen-bond donors (Lipinski definition) is 2. The summed E-state index contributed by atoms with van der Waals surface area (Å²) in [5, 5.41) is 6.44. The first-order valence-corrected chi connectivity index (χ1v) is 14.9. The lowest BCUT2D eigenvalue weighted by Gasteiger charge is -2.24. The van der Waals surface area contributed by atoms with Crippen molar-refractivity contribution in [1.82, 2.24) is 20.2 Å². The maximum absolute atomic E-state index is 13.8. The molecule has 0 aliphatic carbocycles. The highest BCUT2D eigenvalue weighted by Crippen LogP contribution is 2.44. The lowest BCUT2D eigenvalue weighted by atomic mass is 9.85. The molecule has 3 heterocycles. The Kier molecular flexibility index (Phi) is 8.28. The summed E-state index contributed by atoms with van der Waals surface area (Å²) in [6.07, 6.45) is 10.2. The Labute approximate surface area is 230 Å². The monoisotopic (exact) mass is 545 g/mol. The van der Waals surface area contributed by atoms with Crippen LogP contribution in [0.2, 0.25) is 0 Å². The smallest absolute Gasteiger partial charge is 0.264 e. The molecular weight excluding hydrogens is 510 g/mol. The van der Waals surface area contributed by atoms with Crippen molar-refractivity contribution in [3.05, 3.63) is 102 Å². The maximum atomic E-state index is 13.8. The molecule has 1 amide bonds. The first-order valence-electron chi connectivity index (χ1n) is 13.4. The molecule has 204 valence electrons. The highest BCUT2D eigenvalue weighted by atomic mass is 32.2. The van der Waals surface area contributed by atoms with E-state index in [1.165, 1.54) is 0 Å². The molecule has 1 aromatic heterocycles. The number of aryl methyl sites for hydroxylation is 1. The second-order valence-corrected chi connectivity index (χ2v) is 12.1. The summed E-state index contributed by atoms with van der Waals surface area (Å²) in [5.74, 6) is 0.360. The van der Waals surface area contributed by atoms with Gasteiger partial charge in [-0.3, -0.25) is 14.1 Å². The van der Waals surface area contributed by atoms with Gasteiger partial charge in [-0.15, -0.1) is 0 Å². The van der Waals surface area contributed by atoms with Gasteiger partial charge in [0, 0.05) is 50.8 Å². The van der Waals surface area contributed by atoms with E-state index in [1.807, 2.05) is 25.2 Å². The van der Waals surface area contributed by atoms with Gasteiger partial charge in [-0.05, 0) is 73.3 Å². The highest BCUT2D eigenvalue weighted by Gasteiger charge is 2.39. The number of rotatable bonds is 6. The first-order chi connectivity index (χ1) is 18.9. The molecule has 5 rings (SSSR count). The van der Waals surface area contributed by atoms with E-state index in [1.54, 1.807) is 70.1 Å². The van der Waals surface area contributed by atoms with Gasteiger partial charge in [0.25, 0.3) is 15.9 Å². The summed E-state index contributed by atoms with van der Waals surface area (Å²) in [6.45, 7) is 2.68. The van der Waals surface area contributed by atoms with Crippen LogP contribution in [0.25, 0.3) is 0 Å². The number of carbonyl (C=O) groups excluding carboxylic acids is 1. The van der Waals surface area contributed by atoms with Crippen LogP contribution in [0.5, 0.6) is 0 Å². The van der Waals surface area contributed by atoms with Gasteiger partial charge in [-0.1, -0.05) is 36.8 Å². The molecule has 0 radical (unpaired) electrons. The fourth-order valence-corrected chi connectivity index (χ4v) is 6.96. The predicted octanol–water partition coefficient (Wildman–Crippen LogP) is 4.16. The third-order valence-electron chi connectivity index (χ3n) is 7.53. The van der Waals surface area contributed by atoms with Crippen LogP contribution < -0.4 is 14.9 Å². The number of carbonyl (C=O) groups is 1. The van der Waals surface area contributed by atoms with E-state index >= 15 is 0 Å². The number of sulfonamides is 1. The molecule has 8 nitrogen and oxygen atoms in total. The standard InChI is InChI=1S/C30H35N5O3S/c1-34-18-17-31-16-6-8-25(21-34)30(36)33-19-23-11-13-26(14-12-23)39(37,38)35-22-28(24-7-4-5-15-32-20-24)27-9-2-3-10-29(27)35/h2-3,6,8-14,16-18,21,24,28,32H,4-5,7,15,19-20,22H2,1H3,(H,33,36). The number of benzene rings is 2. The van der Waals surface area contributed by atoms with Crippen LogP contribution in [0.3, 0.4) is 0 Å². The van der Waals surface area contributed by atoms with Crippen molar-refractivity contribution in [2.24, 2.45) is 13.0 Å². The summed E-state index contributed by atoms with van der Waals surface area (Å²) in [6, 6.07) is 18.1. The Morgan fingerprint density at radius 3 is 2.72 bits per heavy atom. The first kappa shape index (κ1) is 26.9. The van der Waals surface area contributed by atoms with Crippen molar-refractivity contribution in [2.45, 2.75) is 36.6 Å². The van der Waals surface area contributed by atoms with E-state index in [0.29, 0.717) is 18.0 Å². The Morgan fingerprint density at radius 1 is 1.05 bits per heavy atom. The van der Waals surface area contributed by atoms with E-state index in [9.17, 15) is 13.2 Å². The zero-order valence-electron chi connectivity index (χ0n) is 22.2. The minimum absolute atomic E-state index is 0.179. The molecule has 2 aromatic carbocycles. The molecule has 0 bridgehead atoms. The summed E-state index contributed by atoms with van der Waals surface area (Å²) >= 11 is 0. The maximum Gasteiger partial charge on any atom is 0.264 e. The normalized spacial score (nSPS) is 19.1. The zero-order valence-corrected chi connectivity index (χ0v) is 23.0. The van der Waals surface area contributed by atoms with Crippen LogP contribution in [0.4, 0.5) is 5.69 Å². The fourth-order valence-electron chi connectivity index (χ4n) is 5.44. The molecule has 0 spiro atoms. The van der Waals surface area contributed by atoms with E-state index in [4.69, 9.17) is 0 Å². The van der Waals surface area contributed by atoms with Crippen LogP contribution in [-0.4, -0.2) is 43.5 Å². The van der Waals surface area contributed by atoms with Gasteiger partial charge in [-0.2, -0.15) is 0 Å². The van der Waals surface area contributed by atoms with Crippen LogP contribution in [0, 0.1) is 5.92 Å². The van der Waals surface area contributed by atoms with Gasteiger partial charge in [0.15, 0.2) is 0 Å². The number of nitrogens with one attached hydrogen (secondary N) is 2. The highest BCUT2D eigenvalue weighted by molar-refractivity contribution is 7.92. The van der Waals surface area contributed by atoms with Gasteiger partial charge in [-0.25, -0.2) is 8.42 Å². The van der Waals surface area contributed by atoms with Crippen LogP contribution in [0.1, 0.15) is 46.7 Å². The van der Waals surface area contributed by atoms with Crippen molar-refractivity contribution in [2.75, 3.05) is 23.9 Å². The van der Waals surface area contributed by atoms with Gasteiger partial charge < -0.3 is 15.2 Å². The average molecular weight is 546 g/mol. The third-order valence-corrected chi connectivity index (χ3v) is 9.32. The molecule has 2 atom stereocenters. The van der Waals surface area contributed by atoms with Gasteiger partial charge in [0.2, 0.25) is 0 Å². The van der Waals surface area contributed by atoms with Crippen molar-refractivity contribution in [3.8, 4) is 0 Å². The van der Waals surface area contributed by atoms with Crippen LogP contribution in [0.15, 0.2) is 90.3 Å². The Morgan fingerprint density at radius 2 is 1.87 bits per heavy atom. The Bertz CT molecular complexity index is 1460. The summed E-state index contributed by atoms with van der Waals surface area (Å²) < 4.78 is 30.9. The molecule has 2 N–H and O–H groups in total. The third kappa shape index (κ3) is 6.15. The molecule has 9 heteroatoms. The van der Waals surface area contributed by atoms with Gasteiger partial charge in [0.05, 0.1) is 16.1 Å². The Balaban J connectivity index is 1.30. The lowest BCUT2D eigenvalue weighted by molar-refractivity contribution is 0.0950. The minimum atomic E-state index is -3.73. The second-order valence-electron chi connectivity index (χ2n) is 10.2. The molecule has 0 saturated carbocycles. The molecule has 2 unspecified atom stereocenters.